The van der Waals surface area contributed by atoms with Gasteiger partial charge in [0.25, 0.3) is 0 Å². The van der Waals surface area contributed by atoms with Gasteiger partial charge in [-0.3, -0.25) is 10.4 Å². The number of benzene rings is 2. The fourth-order valence-corrected chi connectivity index (χ4v) is 2.58. The molecule has 0 saturated carbocycles. The van der Waals surface area contributed by atoms with Crippen LogP contribution in [-0.4, -0.2) is 10.8 Å². The fraction of sp³-hybridized carbons (Fsp3) is 0. The Morgan fingerprint density at radius 2 is 1.72 bits per heavy atom. The van der Waals surface area contributed by atoms with Gasteiger partial charge in [0, 0.05) is 28.9 Å². The van der Waals surface area contributed by atoms with E-state index in [1.165, 1.54) is 5.01 Å². The Hall–Kier alpha value is -3.58. The molecule has 126 valence electrons. The molecule has 0 saturated heterocycles. The highest BCUT2D eigenvalue weighted by Gasteiger charge is 2.11. The van der Waals surface area contributed by atoms with Gasteiger partial charge in [-0.05, 0) is 29.7 Å². The molecule has 0 bridgehead atoms. The van der Waals surface area contributed by atoms with E-state index in [1.54, 1.807) is 36.7 Å². The molecule has 7 heteroatoms. The summed E-state index contributed by atoms with van der Waals surface area (Å²) in [6.45, 7) is 0. The first kappa shape index (κ1) is 16.3. The Bertz CT molecular complexity index is 961. The predicted molar refractivity (Wildman–Crippen MR) is 102 cm³/mol. The lowest BCUT2D eigenvalue weighted by atomic mass is 10.0. The molecule has 1 aromatic heterocycles. The number of hydrazine groups is 1. The lowest BCUT2D eigenvalue weighted by Crippen LogP contribution is -2.26. The number of anilines is 2. The van der Waals surface area contributed by atoms with Crippen LogP contribution >= 0.6 is 0 Å². The van der Waals surface area contributed by atoms with E-state index in [0.29, 0.717) is 28.3 Å². The van der Waals surface area contributed by atoms with Crippen molar-refractivity contribution in [3.05, 3.63) is 72.1 Å². The highest BCUT2D eigenvalue weighted by molar-refractivity contribution is 5.97. The molecule has 25 heavy (non-hydrogen) atoms. The van der Waals surface area contributed by atoms with Gasteiger partial charge in [-0.1, -0.05) is 24.3 Å². The minimum Gasteiger partial charge on any atom is -0.397 e. The zero-order valence-electron chi connectivity index (χ0n) is 13.5. The molecule has 1 heterocycles. The van der Waals surface area contributed by atoms with Crippen molar-refractivity contribution in [3.8, 4) is 0 Å². The van der Waals surface area contributed by atoms with Gasteiger partial charge in [-0.2, -0.15) is 0 Å². The molecular weight excluding hydrogens is 314 g/mol. The van der Waals surface area contributed by atoms with E-state index in [1.807, 2.05) is 24.3 Å². The lowest BCUT2D eigenvalue weighted by molar-refractivity contribution is 1.08. The van der Waals surface area contributed by atoms with Gasteiger partial charge in [0.15, 0.2) is 0 Å². The maximum absolute atomic E-state index is 7.42. The highest BCUT2D eigenvalue weighted by atomic mass is 15.4. The number of hydrogen-bond donors (Lipinski definition) is 5. The van der Waals surface area contributed by atoms with Crippen LogP contribution in [0.4, 0.5) is 11.5 Å². The molecule has 2 aromatic carbocycles. The largest absolute Gasteiger partial charge is 0.397 e. The van der Waals surface area contributed by atoms with E-state index >= 15 is 0 Å². The van der Waals surface area contributed by atoms with Crippen LogP contribution in [0.2, 0.25) is 0 Å². The third kappa shape index (κ3) is 3.22. The molecule has 0 unspecified atom stereocenters. The second-order valence-corrected chi connectivity index (χ2v) is 5.56. The van der Waals surface area contributed by atoms with Crippen molar-refractivity contribution < 1.29 is 0 Å². The summed E-state index contributed by atoms with van der Waals surface area (Å²) in [4.78, 5) is 4.20. The van der Waals surface area contributed by atoms with E-state index in [2.05, 4.69) is 4.98 Å². The number of nitrogens with one attached hydrogen (secondary N) is 1. The van der Waals surface area contributed by atoms with Crippen LogP contribution in [0, 0.1) is 5.41 Å². The summed E-state index contributed by atoms with van der Waals surface area (Å²) in [5.41, 5.74) is 20.1. The SMILES string of the molecule is N=C(N)c1ccc(N(N)/C=C(\N)c2c(N)ncc3ccccc23)cc1. The smallest absolute Gasteiger partial charge is 0.133 e. The standard InChI is InChI=1S/C18H19N7/c19-15(10-25(23)13-7-5-11(6-8-13)17(20)21)16-14-4-2-1-3-12(14)9-24-18(16)22/h1-10H,19,23H2,(H3,20,21)(H2,22,24)/b15-10-. The monoisotopic (exact) mass is 333 g/mol. The van der Waals surface area contributed by atoms with Crippen molar-refractivity contribution in [1.29, 1.82) is 5.41 Å². The van der Waals surface area contributed by atoms with Gasteiger partial charge < -0.3 is 17.2 Å². The van der Waals surface area contributed by atoms with E-state index < -0.39 is 0 Å². The highest BCUT2D eigenvalue weighted by Crippen LogP contribution is 2.27. The molecule has 9 N–H and O–H groups in total. The molecule has 0 spiro atoms. The summed E-state index contributed by atoms with van der Waals surface area (Å²) in [7, 11) is 0. The predicted octanol–water partition coefficient (Wildman–Crippen LogP) is 1.74. The number of nitrogens with two attached hydrogens (primary N) is 4. The fourth-order valence-electron chi connectivity index (χ4n) is 2.58. The number of pyridine rings is 1. The number of fused-ring (bicyclic) bond motifs is 1. The van der Waals surface area contributed by atoms with Crippen LogP contribution in [0.1, 0.15) is 11.1 Å². The molecule has 3 aromatic rings. The third-order valence-corrected chi connectivity index (χ3v) is 3.87. The van der Waals surface area contributed by atoms with Gasteiger partial charge in [-0.25, -0.2) is 10.8 Å². The summed E-state index contributed by atoms with van der Waals surface area (Å²) >= 11 is 0. The Kier molecular flexibility index (Phi) is 4.23. The average molecular weight is 333 g/mol. The van der Waals surface area contributed by atoms with Crippen molar-refractivity contribution in [3.63, 3.8) is 0 Å². The van der Waals surface area contributed by atoms with Crippen LogP contribution in [0.15, 0.2) is 60.9 Å². The molecule has 0 aliphatic heterocycles. The Labute approximate surface area is 145 Å². The Balaban J connectivity index is 1.98. The summed E-state index contributed by atoms with van der Waals surface area (Å²) < 4.78 is 0. The second kappa shape index (κ2) is 6.50. The lowest BCUT2D eigenvalue weighted by Gasteiger charge is -2.17. The van der Waals surface area contributed by atoms with Crippen molar-refractivity contribution >= 4 is 33.8 Å². The number of aromatic nitrogens is 1. The van der Waals surface area contributed by atoms with Crippen molar-refractivity contribution in [2.45, 2.75) is 0 Å². The van der Waals surface area contributed by atoms with E-state index in [4.69, 9.17) is 28.5 Å². The summed E-state index contributed by atoms with van der Waals surface area (Å²) in [6, 6.07) is 14.7. The van der Waals surface area contributed by atoms with Crippen molar-refractivity contribution in [2.24, 2.45) is 17.3 Å². The first-order valence-electron chi connectivity index (χ1n) is 7.56. The number of rotatable bonds is 4. The number of hydrogen-bond acceptors (Lipinski definition) is 6. The van der Waals surface area contributed by atoms with Gasteiger partial charge in [-0.15, -0.1) is 0 Å². The Morgan fingerprint density at radius 3 is 2.40 bits per heavy atom. The molecule has 7 nitrogen and oxygen atoms in total. The first-order valence-corrected chi connectivity index (χ1v) is 7.56. The molecule has 0 fully saturated rings. The van der Waals surface area contributed by atoms with Crippen LogP contribution < -0.4 is 28.1 Å². The molecule has 0 aliphatic carbocycles. The maximum Gasteiger partial charge on any atom is 0.133 e. The topological polar surface area (TPSA) is 144 Å². The van der Waals surface area contributed by atoms with Crippen LogP contribution in [0.25, 0.3) is 16.5 Å². The van der Waals surface area contributed by atoms with Gasteiger partial charge in [0.05, 0.1) is 11.4 Å². The van der Waals surface area contributed by atoms with Gasteiger partial charge >= 0.3 is 0 Å². The van der Waals surface area contributed by atoms with E-state index in [9.17, 15) is 0 Å². The number of amidine groups is 1. The number of nitrogen functional groups attached to an aromatic ring is 2. The summed E-state index contributed by atoms with van der Waals surface area (Å²) in [6.07, 6.45) is 3.30. The normalized spacial score (nSPS) is 11.5. The van der Waals surface area contributed by atoms with Crippen LogP contribution in [0.3, 0.4) is 0 Å². The van der Waals surface area contributed by atoms with Gasteiger partial charge in [0.1, 0.15) is 11.7 Å². The summed E-state index contributed by atoms with van der Waals surface area (Å²) in [5.74, 6) is 6.42. The first-order chi connectivity index (χ1) is 12.0. The number of nitrogens with zero attached hydrogens (tertiary/aromatic N) is 2. The van der Waals surface area contributed by atoms with Crippen LogP contribution in [0.5, 0.6) is 0 Å². The maximum atomic E-state index is 7.42. The molecule has 0 amide bonds. The zero-order valence-corrected chi connectivity index (χ0v) is 13.5. The molecule has 0 radical (unpaired) electrons. The van der Waals surface area contributed by atoms with Crippen molar-refractivity contribution in [2.75, 3.05) is 10.7 Å². The molecule has 0 aliphatic rings. The Morgan fingerprint density at radius 1 is 1.04 bits per heavy atom. The minimum atomic E-state index is -0.000203. The zero-order chi connectivity index (χ0) is 18.0. The minimum absolute atomic E-state index is 0.000203. The summed E-state index contributed by atoms with van der Waals surface area (Å²) in [5, 5.41) is 10.7. The van der Waals surface area contributed by atoms with E-state index in [-0.39, 0.29) is 5.84 Å². The van der Waals surface area contributed by atoms with E-state index in [0.717, 1.165) is 10.8 Å². The van der Waals surface area contributed by atoms with Gasteiger partial charge in [0.2, 0.25) is 0 Å². The van der Waals surface area contributed by atoms with Crippen LogP contribution in [-0.2, 0) is 0 Å². The van der Waals surface area contributed by atoms with Crippen molar-refractivity contribution in [1.82, 2.24) is 4.98 Å². The molecule has 3 rings (SSSR count). The third-order valence-electron chi connectivity index (χ3n) is 3.87. The molecular formula is C18H19N7. The quantitative estimate of drug-likeness (QED) is 0.213. The second-order valence-electron chi connectivity index (χ2n) is 5.56. The average Bonchev–Trinajstić information content (AvgIpc) is 2.61. The molecule has 0 atom stereocenters.